The Kier molecular flexibility index (Phi) is 5.72. The molecule has 13 heavy (non-hydrogen) atoms. The second kappa shape index (κ2) is 6.73. The molecule has 70 valence electrons. The maximum atomic E-state index is 10.7. The van der Waals surface area contributed by atoms with Crippen LogP contribution in [-0.2, 0) is 9.53 Å². The van der Waals surface area contributed by atoms with Gasteiger partial charge in [-0.25, -0.2) is 9.59 Å². The van der Waals surface area contributed by atoms with E-state index in [0.717, 1.165) is 0 Å². The molecule has 0 aromatic rings. The number of alkyl carbamates (subject to hydrolysis) is 1. The molecule has 0 aromatic carbocycles. The molecule has 0 bridgehead atoms. The van der Waals surface area contributed by atoms with Crippen molar-refractivity contribution < 1.29 is 19.4 Å². The van der Waals surface area contributed by atoms with E-state index in [1.165, 1.54) is 6.08 Å². The Balaban J connectivity index is 3.54. The predicted molar refractivity (Wildman–Crippen MR) is 45.0 cm³/mol. The van der Waals surface area contributed by atoms with E-state index in [-0.39, 0.29) is 13.2 Å². The van der Waals surface area contributed by atoms with Crippen molar-refractivity contribution in [2.24, 2.45) is 0 Å². The minimum Gasteiger partial charge on any atom is -0.472 e. The summed E-state index contributed by atoms with van der Waals surface area (Å²) >= 11 is 0. The molecule has 5 heteroatoms. The van der Waals surface area contributed by atoms with Gasteiger partial charge in [-0.3, -0.25) is 0 Å². The standard InChI is InChI=1S/C8H9NO4/c1-2-6-13-8(12)9-5-3-4-7(10)11/h2H,1,5-6H2,(H,9,12)(H,10,11). The number of carboxylic acid groups (broad SMARTS) is 1. The Morgan fingerprint density at radius 3 is 2.85 bits per heavy atom. The van der Waals surface area contributed by atoms with Crippen LogP contribution < -0.4 is 5.32 Å². The molecule has 5 nitrogen and oxygen atoms in total. The van der Waals surface area contributed by atoms with Crippen molar-refractivity contribution in [3.05, 3.63) is 12.7 Å². The number of carbonyl (C=O) groups excluding carboxylic acids is 1. The summed E-state index contributed by atoms with van der Waals surface area (Å²) in [6, 6.07) is 0. The van der Waals surface area contributed by atoms with Crippen LogP contribution in [0, 0.1) is 11.8 Å². The number of hydrogen-bond acceptors (Lipinski definition) is 3. The molecule has 0 aliphatic heterocycles. The van der Waals surface area contributed by atoms with E-state index in [1.807, 2.05) is 5.92 Å². The summed E-state index contributed by atoms with van der Waals surface area (Å²) in [7, 11) is 0. The normalized spacial score (nSPS) is 7.69. The molecule has 0 heterocycles. The number of ether oxygens (including phenoxy) is 1. The largest absolute Gasteiger partial charge is 0.472 e. The predicted octanol–water partition coefficient (Wildman–Crippen LogP) is -0.0134. The number of aliphatic carboxylic acids is 1. The highest BCUT2D eigenvalue weighted by atomic mass is 16.5. The maximum Gasteiger partial charge on any atom is 0.408 e. The van der Waals surface area contributed by atoms with Crippen LogP contribution in [0.1, 0.15) is 0 Å². The smallest absolute Gasteiger partial charge is 0.408 e. The molecule has 0 spiro atoms. The van der Waals surface area contributed by atoms with E-state index >= 15 is 0 Å². The van der Waals surface area contributed by atoms with Gasteiger partial charge in [0.2, 0.25) is 0 Å². The SMILES string of the molecule is C=CCOC(=O)NCC#CC(=O)O. The first-order valence-electron chi connectivity index (χ1n) is 3.40. The van der Waals surface area contributed by atoms with Crippen LogP contribution in [0.5, 0.6) is 0 Å². The molecule has 1 amide bonds. The van der Waals surface area contributed by atoms with E-state index in [0.29, 0.717) is 0 Å². The summed E-state index contributed by atoms with van der Waals surface area (Å²) in [4.78, 5) is 20.5. The van der Waals surface area contributed by atoms with Crippen LogP contribution in [0.15, 0.2) is 12.7 Å². The molecule has 0 rings (SSSR count). The third-order valence-electron chi connectivity index (χ3n) is 0.849. The molecular formula is C8H9NO4. The van der Waals surface area contributed by atoms with Gasteiger partial charge < -0.3 is 15.2 Å². The lowest BCUT2D eigenvalue weighted by Crippen LogP contribution is -2.24. The maximum absolute atomic E-state index is 10.7. The second-order valence-corrected chi connectivity index (χ2v) is 1.85. The van der Waals surface area contributed by atoms with Gasteiger partial charge in [0.1, 0.15) is 6.61 Å². The highest BCUT2D eigenvalue weighted by molar-refractivity contribution is 5.86. The zero-order valence-corrected chi connectivity index (χ0v) is 6.87. The van der Waals surface area contributed by atoms with Crippen molar-refractivity contribution in [1.82, 2.24) is 5.32 Å². The molecule has 0 aliphatic carbocycles. The molecule has 0 saturated heterocycles. The molecule has 0 fully saturated rings. The lowest BCUT2D eigenvalue weighted by Gasteiger charge is -1.99. The Morgan fingerprint density at radius 2 is 2.31 bits per heavy atom. The fourth-order valence-electron chi connectivity index (χ4n) is 0.422. The fraction of sp³-hybridized carbons (Fsp3) is 0.250. The number of amides is 1. The van der Waals surface area contributed by atoms with Gasteiger partial charge >= 0.3 is 12.1 Å². The average molecular weight is 183 g/mol. The van der Waals surface area contributed by atoms with Crippen molar-refractivity contribution in [3.63, 3.8) is 0 Å². The number of rotatable bonds is 3. The third-order valence-corrected chi connectivity index (χ3v) is 0.849. The summed E-state index contributed by atoms with van der Waals surface area (Å²) in [6.45, 7) is 3.40. The van der Waals surface area contributed by atoms with Gasteiger partial charge in [0.25, 0.3) is 0 Å². The van der Waals surface area contributed by atoms with Crippen molar-refractivity contribution >= 4 is 12.1 Å². The first-order chi connectivity index (χ1) is 6.16. The summed E-state index contributed by atoms with van der Waals surface area (Å²) in [5.74, 6) is 2.80. The van der Waals surface area contributed by atoms with E-state index in [4.69, 9.17) is 5.11 Å². The lowest BCUT2D eigenvalue weighted by atomic mass is 10.5. The van der Waals surface area contributed by atoms with Gasteiger partial charge in [0.05, 0.1) is 6.54 Å². The number of carbonyl (C=O) groups is 2. The molecule has 0 atom stereocenters. The first kappa shape index (κ1) is 11.0. The van der Waals surface area contributed by atoms with E-state index < -0.39 is 12.1 Å². The molecule has 0 radical (unpaired) electrons. The van der Waals surface area contributed by atoms with Crippen LogP contribution in [-0.4, -0.2) is 30.3 Å². The Hall–Kier alpha value is -1.96. The van der Waals surface area contributed by atoms with Gasteiger partial charge in [-0.2, -0.15) is 0 Å². The Morgan fingerprint density at radius 1 is 1.62 bits per heavy atom. The number of carboxylic acids is 1. The topological polar surface area (TPSA) is 75.6 Å². The molecular weight excluding hydrogens is 174 g/mol. The molecule has 2 N–H and O–H groups in total. The van der Waals surface area contributed by atoms with Gasteiger partial charge in [0.15, 0.2) is 0 Å². The fourth-order valence-corrected chi connectivity index (χ4v) is 0.422. The van der Waals surface area contributed by atoms with Crippen LogP contribution in [0.2, 0.25) is 0 Å². The zero-order valence-electron chi connectivity index (χ0n) is 6.87. The van der Waals surface area contributed by atoms with Crippen molar-refractivity contribution in [2.75, 3.05) is 13.2 Å². The van der Waals surface area contributed by atoms with Crippen LogP contribution >= 0.6 is 0 Å². The van der Waals surface area contributed by atoms with Crippen LogP contribution in [0.25, 0.3) is 0 Å². The number of nitrogens with one attached hydrogen (secondary N) is 1. The van der Waals surface area contributed by atoms with Gasteiger partial charge in [0, 0.05) is 5.92 Å². The van der Waals surface area contributed by atoms with Crippen LogP contribution in [0.4, 0.5) is 4.79 Å². The van der Waals surface area contributed by atoms with Crippen molar-refractivity contribution in [3.8, 4) is 11.8 Å². The first-order valence-corrected chi connectivity index (χ1v) is 3.40. The summed E-state index contributed by atoms with van der Waals surface area (Å²) in [5.41, 5.74) is 0. The zero-order chi connectivity index (χ0) is 10.1. The Labute approximate surface area is 75.4 Å². The average Bonchev–Trinajstić information content (AvgIpc) is 2.08. The molecule has 0 unspecified atom stereocenters. The highest BCUT2D eigenvalue weighted by Gasteiger charge is 1.95. The molecule has 0 saturated carbocycles. The minimum atomic E-state index is -1.23. The summed E-state index contributed by atoms with van der Waals surface area (Å²) in [6.07, 6.45) is 0.766. The van der Waals surface area contributed by atoms with Crippen LogP contribution in [0.3, 0.4) is 0 Å². The van der Waals surface area contributed by atoms with Gasteiger partial charge in [-0.05, 0) is 0 Å². The van der Waals surface area contributed by atoms with Gasteiger partial charge in [-0.1, -0.05) is 18.6 Å². The summed E-state index contributed by atoms with van der Waals surface area (Å²) in [5, 5.41) is 10.3. The quantitative estimate of drug-likeness (QED) is 0.476. The number of hydrogen-bond donors (Lipinski definition) is 2. The minimum absolute atomic E-state index is 0.0533. The van der Waals surface area contributed by atoms with E-state index in [9.17, 15) is 9.59 Å². The van der Waals surface area contributed by atoms with E-state index in [1.54, 1.807) is 0 Å². The van der Waals surface area contributed by atoms with Gasteiger partial charge in [-0.15, -0.1) is 0 Å². The third kappa shape index (κ3) is 7.94. The lowest BCUT2D eigenvalue weighted by molar-refractivity contribution is -0.130. The highest BCUT2D eigenvalue weighted by Crippen LogP contribution is 1.76. The molecule has 0 aromatic heterocycles. The summed E-state index contributed by atoms with van der Waals surface area (Å²) < 4.78 is 4.51. The monoisotopic (exact) mass is 183 g/mol. The Bertz CT molecular complexity index is 261. The van der Waals surface area contributed by atoms with E-state index in [2.05, 4.69) is 22.6 Å². The van der Waals surface area contributed by atoms with Crippen molar-refractivity contribution in [2.45, 2.75) is 0 Å². The van der Waals surface area contributed by atoms with Crippen molar-refractivity contribution in [1.29, 1.82) is 0 Å². The molecule has 0 aliphatic rings. The second-order valence-electron chi connectivity index (χ2n) is 1.85.